The predicted molar refractivity (Wildman–Crippen MR) is 70.8 cm³/mol. The number of nitrogens with zero attached hydrogens (tertiary/aromatic N) is 2. The van der Waals surface area contributed by atoms with Crippen molar-refractivity contribution in [1.29, 1.82) is 0 Å². The highest BCUT2D eigenvalue weighted by Gasteiger charge is 2.23. The molecule has 0 aromatic heterocycles. The van der Waals surface area contributed by atoms with E-state index in [0.29, 0.717) is 0 Å². The number of aliphatic imine (C=N–C) groups is 1. The molecule has 94 valence electrons. The van der Waals surface area contributed by atoms with Crippen LogP contribution in [0.5, 0.6) is 0 Å². The Balaban J connectivity index is 2.61. The van der Waals surface area contributed by atoms with Gasteiger partial charge in [-0.3, -0.25) is 4.99 Å². The summed E-state index contributed by atoms with van der Waals surface area (Å²) in [5.74, 6) is 2.69. The molecule has 3 heteroatoms. The fraction of sp³-hybridized carbons (Fsp3) is 0.923. The van der Waals surface area contributed by atoms with Crippen LogP contribution in [0, 0.1) is 11.8 Å². The highest BCUT2D eigenvalue weighted by atomic mass is 15.3. The van der Waals surface area contributed by atoms with Gasteiger partial charge in [-0.15, -0.1) is 0 Å². The first kappa shape index (κ1) is 13.3. The second-order valence-electron chi connectivity index (χ2n) is 5.09. The molecular weight excluding hydrogens is 198 g/mol. The highest BCUT2D eigenvalue weighted by Crippen LogP contribution is 2.20. The van der Waals surface area contributed by atoms with E-state index in [9.17, 15) is 0 Å². The van der Waals surface area contributed by atoms with Crippen LogP contribution in [0.3, 0.4) is 0 Å². The Kier molecular flexibility index (Phi) is 5.64. The number of hydrogen-bond acceptors (Lipinski definition) is 1. The van der Waals surface area contributed by atoms with E-state index in [2.05, 4.69) is 42.9 Å². The molecule has 0 saturated carbocycles. The molecule has 0 aliphatic carbocycles. The van der Waals surface area contributed by atoms with Crippen molar-refractivity contribution in [3.63, 3.8) is 0 Å². The molecule has 0 spiro atoms. The number of piperidine rings is 1. The first-order valence-corrected chi connectivity index (χ1v) is 6.70. The lowest BCUT2D eigenvalue weighted by atomic mass is 9.92. The Morgan fingerprint density at radius 1 is 1.25 bits per heavy atom. The fourth-order valence-corrected chi connectivity index (χ4v) is 2.48. The summed E-state index contributed by atoms with van der Waals surface area (Å²) >= 11 is 0. The molecule has 3 nitrogen and oxygen atoms in total. The first-order chi connectivity index (χ1) is 7.67. The van der Waals surface area contributed by atoms with Gasteiger partial charge >= 0.3 is 0 Å². The summed E-state index contributed by atoms with van der Waals surface area (Å²) < 4.78 is 0. The first-order valence-electron chi connectivity index (χ1n) is 6.70. The Hall–Kier alpha value is -0.730. The van der Waals surface area contributed by atoms with Crippen LogP contribution in [0.1, 0.15) is 40.5 Å². The zero-order valence-electron chi connectivity index (χ0n) is 11.3. The van der Waals surface area contributed by atoms with Crippen molar-refractivity contribution in [2.24, 2.45) is 16.8 Å². The maximum absolute atomic E-state index is 4.66. The molecule has 1 N–H and O–H groups in total. The molecule has 2 atom stereocenters. The smallest absolute Gasteiger partial charge is 0.193 e. The third kappa shape index (κ3) is 4.03. The SMILES string of the molecule is CCCN=C(NCC)N1CC(C)CC(C)C1. The second kappa shape index (κ2) is 6.77. The summed E-state index contributed by atoms with van der Waals surface area (Å²) in [4.78, 5) is 7.08. The van der Waals surface area contributed by atoms with Gasteiger partial charge in [0, 0.05) is 26.2 Å². The minimum atomic E-state index is 0.786. The fourth-order valence-electron chi connectivity index (χ4n) is 2.48. The van der Waals surface area contributed by atoms with E-state index in [-0.39, 0.29) is 0 Å². The minimum absolute atomic E-state index is 0.786. The van der Waals surface area contributed by atoms with Gasteiger partial charge in [0.25, 0.3) is 0 Å². The number of hydrogen-bond donors (Lipinski definition) is 1. The van der Waals surface area contributed by atoms with E-state index in [1.165, 1.54) is 6.42 Å². The number of likely N-dealkylation sites (tertiary alicyclic amines) is 1. The Morgan fingerprint density at radius 3 is 2.38 bits per heavy atom. The highest BCUT2D eigenvalue weighted by molar-refractivity contribution is 5.80. The number of rotatable bonds is 3. The average Bonchev–Trinajstić information content (AvgIpc) is 2.22. The number of nitrogens with one attached hydrogen (secondary N) is 1. The molecule has 0 amide bonds. The molecular formula is C13H27N3. The molecule has 1 aliphatic heterocycles. The van der Waals surface area contributed by atoms with E-state index in [1.54, 1.807) is 0 Å². The van der Waals surface area contributed by atoms with Crippen LogP contribution in [0.25, 0.3) is 0 Å². The maximum atomic E-state index is 4.66. The molecule has 2 unspecified atom stereocenters. The van der Waals surface area contributed by atoms with Crippen molar-refractivity contribution >= 4 is 5.96 Å². The summed E-state index contributed by atoms with van der Waals surface area (Å²) in [5.41, 5.74) is 0. The van der Waals surface area contributed by atoms with Crippen molar-refractivity contribution in [3.05, 3.63) is 0 Å². The zero-order valence-corrected chi connectivity index (χ0v) is 11.3. The van der Waals surface area contributed by atoms with Crippen LogP contribution in [0.2, 0.25) is 0 Å². The Morgan fingerprint density at radius 2 is 1.88 bits per heavy atom. The van der Waals surface area contributed by atoms with E-state index in [4.69, 9.17) is 0 Å². The molecule has 16 heavy (non-hydrogen) atoms. The van der Waals surface area contributed by atoms with Crippen LogP contribution in [0.15, 0.2) is 4.99 Å². The molecule has 0 aromatic rings. The summed E-state index contributed by atoms with van der Waals surface area (Å²) in [6, 6.07) is 0. The van der Waals surface area contributed by atoms with Crippen molar-refractivity contribution < 1.29 is 0 Å². The molecule has 1 rings (SSSR count). The Labute approximate surface area is 100 Å². The molecule has 1 saturated heterocycles. The van der Waals surface area contributed by atoms with E-state index >= 15 is 0 Å². The van der Waals surface area contributed by atoms with Gasteiger partial charge in [0.1, 0.15) is 0 Å². The molecule has 1 heterocycles. The monoisotopic (exact) mass is 225 g/mol. The van der Waals surface area contributed by atoms with Crippen LogP contribution in [0.4, 0.5) is 0 Å². The van der Waals surface area contributed by atoms with E-state index in [0.717, 1.165) is 50.4 Å². The molecule has 1 aliphatic rings. The lowest BCUT2D eigenvalue weighted by Gasteiger charge is -2.37. The topological polar surface area (TPSA) is 27.6 Å². The molecule has 1 fully saturated rings. The molecule has 0 radical (unpaired) electrons. The second-order valence-corrected chi connectivity index (χ2v) is 5.09. The standard InChI is InChI=1S/C13H27N3/c1-5-7-15-13(14-6-2)16-9-11(3)8-12(4)10-16/h11-12H,5-10H2,1-4H3,(H,14,15). The third-order valence-electron chi connectivity index (χ3n) is 2.99. The van der Waals surface area contributed by atoms with Crippen molar-refractivity contribution in [1.82, 2.24) is 10.2 Å². The summed E-state index contributed by atoms with van der Waals surface area (Å²) in [5, 5.41) is 3.40. The van der Waals surface area contributed by atoms with Gasteiger partial charge < -0.3 is 10.2 Å². The number of guanidine groups is 1. The van der Waals surface area contributed by atoms with Gasteiger partial charge in [-0.05, 0) is 31.6 Å². The van der Waals surface area contributed by atoms with Gasteiger partial charge in [-0.2, -0.15) is 0 Å². The van der Waals surface area contributed by atoms with Gasteiger partial charge in [-0.25, -0.2) is 0 Å². The quantitative estimate of drug-likeness (QED) is 0.590. The average molecular weight is 225 g/mol. The Bertz CT molecular complexity index is 215. The lowest BCUT2D eigenvalue weighted by Crippen LogP contribution is -2.48. The zero-order chi connectivity index (χ0) is 12.0. The summed E-state index contributed by atoms with van der Waals surface area (Å²) in [7, 11) is 0. The van der Waals surface area contributed by atoms with Crippen molar-refractivity contribution in [2.45, 2.75) is 40.5 Å². The van der Waals surface area contributed by atoms with E-state index < -0.39 is 0 Å². The van der Waals surface area contributed by atoms with Gasteiger partial charge in [0.15, 0.2) is 5.96 Å². The summed E-state index contributed by atoms with van der Waals surface area (Å²) in [6.45, 7) is 13.2. The van der Waals surface area contributed by atoms with Crippen LogP contribution in [-0.4, -0.2) is 37.0 Å². The van der Waals surface area contributed by atoms with Crippen LogP contribution < -0.4 is 5.32 Å². The van der Waals surface area contributed by atoms with Gasteiger partial charge in [0.2, 0.25) is 0 Å². The molecule has 0 bridgehead atoms. The summed E-state index contributed by atoms with van der Waals surface area (Å²) in [6.07, 6.45) is 2.47. The van der Waals surface area contributed by atoms with E-state index in [1.807, 2.05) is 0 Å². The predicted octanol–water partition coefficient (Wildman–Crippen LogP) is 2.34. The third-order valence-corrected chi connectivity index (χ3v) is 2.99. The maximum Gasteiger partial charge on any atom is 0.193 e. The largest absolute Gasteiger partial charge is 0.357 e. The minimum Gasteiger partial charge on any atom is -0.357 e. The van der Waals surface area contributed by atoms with Crippen molar-refractivity contribution in [3.8, 4) is 0 Å². The van der Waals surface area contributed by atoms with Crippen LogP contribution >= 0.6 is 0 Å². The van der Waals surface area contributed by atoms with Crippen LogP contribution in [-0.2, 0) is 0 Å². The lowest BCUT2D eigenvalue weighted by molar-refractivity contribution is 0.208. The normalized spacial score (nSPS) is 27.0. The van der Waals surface area contributed by atoms with Gasteiger partial charge in [-0.1, -0.05) is 20.8 Å². The van der Waals surface area contributed by atoms with Crippen molar-refractivity contribution in [2.75, 3.05) is 26.2 Å². The van der Waals surface area contributed by atoms with Gasteiger partial charge in [0.05, 0.1) is 0 Å². The molecule has 0 aromatic carbocycles.